The van der Waals surface area contributed by atoms with E-state index in [9.17, 15) is 9.59 Å². The van der Waals surface area contributed by atoms with Gasteiger partial charge >= 0.3 is 11.9 Å². The molecule has 0 amide bonds. The van der Waals surface area contributed by atoms with E-state index in [0.717, 1.165) is 69.6 Å². The van der Waals surface area contributed by atoms with Crippen LogP contribution in [0.25, 0.3) is 0 Å². The highest BCUT2D eigenvalue weighted by molar-refractivity contribution is 5.78. The molecule has 4 aliphatic carbocycles. The van der Waals surface area contributed by atoms with Gasteiger partial charge in [-0.15, -0.1) is 0 Å². The molecule has 0 saturated heterocycles. The number of carbonyl (C=O) groups excluding carboxylic acids is 2. The van der Waals surface area contributed by atoms with Crippen molar-refractivity contribution in [2.45, 2.75) is 97.3 Å². The van der Waals surface area contributed by atoms with Crippen molar-refractivity contribution in [3.63, 3.8) is 0 Å². The van der Waals surface area contributed by atoms with E-state index in [1.165, 1.54) is 25.7 Å². The van der Waals surface area contributed by atoms with Crippen molar-refractivity contribution in [3.05, 3.63) is 0 Å². The van der Waals surface area contributed by atoms with Gasteiger partial charge in [0.15, 0.2) is 0 Å². The van der Waals surface area contributed by atoms with Crippen LogP contribution in [0.3, 0.4) is 0 Å². The summed E-state index contributed by atoms with van der Waals surface area (Å²) >= 11 is 0. The first-order chi connectivity index (χ1) is 14.0. The fourth-order valence-electron chi connectivity index (χ4n) is 6.83. The Morgan fingerprint density at radius 3 is 1.41 bits per heavy atom. The molecule has 2 unspecified atom stereocenters. The van der Waals surface area contributed by atoms with Gasteiger partial charge < -0.3 is 9.47 Å². The molecule has 0 spiro atoms. The van der Waals surface area contributed by atoms with Crippen LogP contribution in [0.2, 0.25) is 0 Å². The first kappa shape index (κ1) is 21.2. The second-order valence-corrected chi connectivity index (χ2v) is 10.8. The number of hydrogen-bond donors (Lipinski definition) is 0. The van der Waals surface area contributed by atoms with Crippen LogP contribution in [0.5, 0.6) is 0 Å². The third-order valence-electron chi connectivity index (χ3n) is 9.07. The van der Waals surface area contributed by atoms with Crippen LogP contribution in [0.1, 0.15) is 97.3 Å². The van der Waals surface area contributed by atoms with Crippen LogP contribution in [-0.2, 0) is 19.1 Å². The highest BCUT2D eigenvalue weighted by Gasteiger charge is 2.52. The van der Waals surface area contributed by atoms with Gasteiger partial charge in [0.1, 0.15) is 0 Å². The SMILES string of the molecule is CCC(COC(=O)C12CCC(CC1)C2)CC(CC)COC(=O)C12CCC(CC1)C2. The summed E-state index contributed by atoms with van der Waals surface area (Å²) in [5, 5.41) is 0. The molecule has 164 valence electrons. The molecule has 4 bridgehead atoms. The van der Waals surface area contributed by atoms with E-state index in [4.69, 9.17) is 9.47 Å². The van der Waals surface area contributed by atoms with E-state index in [1.54, 1.807) is 0 Å². The van der Waals surface area contributed by atoms with E-state index in [1.807, 2.05) is 0 Å². The first-order valence-corrected chi connectivity index (χ1v) is 12.3. The Morgan fingerprint density at radius 1 is 0.759 bits per heavy atom. The summed E-state index contributed by atoms with van der Waals surface area (Å²) in [5.41, 5.74) is -0.301. The Kier molecular flexibility index (Phi) is 6.27. The average Bonchev–Trinajstić information content (AvgIpc) is 3.54. The molecule has 0 aromatic carbocycles. The minimum atomic E-state index is -0.150. The third-order valence-corrected chi connectivity index (χ3v) is 9.07. The molecule has 4 fully saturated rings. The lowest BCUT2D eigenvalue weighted by Gasteiger charge is -2.28. The van der Waals surface area contributed by atoms with Gasteiger partial charge in [-0.05, 0) is 94.3 Å². The van der Waals surface area contributed by atoms with E-state index >= 15 is 0 Å². The fraction of sp³-hybridized carbons (Fsp3) is 0.920. The topological polar surface area (TPSA) is 52.6 Å². The highest BCUT2D eigenvalue weighted by atomic mass is 16.5. The monoisotopic (exact) mass is 404 g/mol. The average molecular weight is 405 g/mol. The molecule has 4 heteroatoms. The summed E-state index contributed by atoms with van der Waals surface area (Å²) in [5.74, 6) is 2.37. The van der Waals surface area contributed by atoms with E-state index in [-0.39, 0.29) is 22.8 Å². The molecular weight excluding hydrogens is 364 g/mol. The summed E-state index contributed by atoms with van der Waals surface area (Å²) in [4.78, 5) is 25.5. The molecule has 4 aliphatic rings. The van der Waals surface area contributed by atoms with Gasteiger partial charge in [-0.25, -0.2) is 0 Å². The maximum Gasteiger partial charge on any atom is 0.312 e. The molecule has 0 heterocycles. The van der Waals surface area contributed by atoms with E-state index < -0.39 is 0 Å². The van der Waals surface area contributed by atoms with Gasteiger partial charge in [0.2, 0.25) is 0 Å². The van der Waals surface area contributed by atoms with E-state index in [2.05, 4.69) is 13.8 Å². The van der Waals surface area contributed by atoms with Crippen molar-refractivity contribution in [1.29, 1.82) is 0 Å². The van der Waals surface area contributed by atoms with Crippen LogP contribution in [0.4, 0.5) is 0 Å². The number of ether oxygens (including phenoxy) is 2. The van der Waals surface area contributed by atoms with Gasteiger partial charge in [-0.3, -0.25) is 9.59 Å². The summed E-state index contributed by atoms with van der Waals surface area (Å²) in [7, 11) is 0. The van der Waals surface area contributed by atoms with Crippen molar-refractivity contribution in [3.8, 4) is 0 Å². The second-order valence-electron chi connectivity index (χ2n) is 10.8. The molecule has 0 aromatic rings. The smallest absolute Gasteiger partial charge is 0.312 e. The Morgan fingerprint density at radius 2 is 1.14 bits per heavy atom. The van der Waals surface area contributed by atoms with Crippen LogP contribution in [-0.4, -0.2) is 25.2 Å². The number of esters is 2. The largest absolute Gasteiger partial charge is 0.465 e. The molecule has 0 N–H and O–H groups in total. The van der Waals surface area contributed by atoms with Gasteiger partial charge in [0.25, 0.3) is 0 Å². The lowest BCUT2D eigenvalue weighted by Crippen LogP contribution is -2.31. The summed E-state index contributed by atoms with van der Waals surface area (Å²) in [6.07, 6.45) is 14.0. The summed E-state index contributed by atoms with van der Waals surface area (Å²) in [6.45, 7) is 5.40. The molecule has 4 rings (SSSR count). The Balaban J connectivity index is 1.22. The molecule has 29 heavy (non-hydrogen) atoms. The van der Waals surface area contributed by atoms with Crippen LogP contribution in [0, 0.1) is 34.5 Å². The van der Waals surface area contributed by atoms with Crippen LogP contribution in [0.15, 0.2) is 0 Å². The lowest BCUT2D eigenvalue weighted by atomic mass is 9.84. The van der Waals surface area contributed by atoms with Crippen molar-refractivity contribution >= 4 is 11.9 Å². The number of carbonyl (C=O) groups is 2. The minimum absolute atomic E-state index is 0.0616. The maximum absolute atomic E-state index is 12.7. The van der Waals surface area contributed by atoms with Gasteiger partial charge in [-0.1, -0.05) is 26.7 Å². The number of hydrogen-bond acceptors (Lipinski definition) is 4. The number of rotatable bonds is 10. The lowest BCUT2D eigenvalue weighted by molar-refractivity contribution is -0.157. The standard InChI is InChI=1S/C25H40O4/c1-3-18(16-28-22(26)24-9-5-20(14-24)6-10-24)13-19(4-2)17-29-23(27)25-11-7-21(15-25)8-12-25/h18-21H,3-17H2,1-2H3. The van der Waals surface area contributed by atoms with Gasteiger partial charge in [0.05, 0.1) is 24.0 Å². The zero-order valence-corrected chi connectivity index (χ0v) is 18.5. The molecule has 0 aromatic heterocycles. The van der Waals surface area contributed by atoms with Crippen molar-refractivity contribution in [2.75, 3.05) is 13.2 Å². The molecule has 4 nitrogen and oxygen atoms in total. The third kappa shape index (κ3) is 4.23. The van der Waals surface area contributed by atoms with Crippen LogP contribution < -0.4 is 0 Å². The maximum atomic E-state index is 12.7. The normalized spacial score (nSPS) is 36.9. The molecule has 0 radical (unpaired) electrons. The zero-order chi connectivity index (χ0) is 20.5. The quantitative estimate of drug-likeness (QED) is 0.440. The van der Waals surface area contributed by atoms with Crippen molar-refractivity contribution in [1.82, 2.24) is 0 Å². The first-order valence-electron chi connectivity index (χ1n) is 12.3. The van der Waals surface area contributed by atoms with Gasteiger partial charge in [-0.2, -0.15) is 0 Å². The van der Waals surface area contributed by atoms with Crippen molar-refractivity contribution in [2.24, 2.45) is 34.5 Å². The zero-order valence-electron chi connectivity index (χ0n) is 18.5. The Hall–Kier alpha value is -1.06. The fourth-order valence-corrected chi connectivity index (χ4v) is 6.83. The molecule has 2 atom stereocenters. The van der Waals surface area contributed by atoms with Gasteiger partial charge in [0, 0.05) is 0 Å². The summed E-state index contributed by atoms with van der Waals surface area (Å²) in [6, 6.07) is 0. The summed E-state index contributed by atoms with van der Waals surface area (Å²) < 4.78 is 11.7. The molecular formula is C25H40O4. The Labute approximate surface area is 176 Å². The minimum Gasteiger partial charge on any atom is -0.465 e. The Bertz CT molecular complexity index is 544. The van der Waals surface area contributed by atoms with E-state index in [0.29, 0.717) is 25.0 Å². The van der Waals surface area contributed by atoms with Crippen molar-refractivity contribution < 1.29 is 19.1 Å². The predicted molar refractivity (Wildman–Crippen MR) is 112 cm³/mol. The second kappa shape index (κ2) is 8.59. The predicted octanol–water partition coefficient (Wildman–Crippen LogP) is 5.68. The molecule has 4 saturated carbocycles. The highest BCUT2D eigenvalue weighted by Crippen LogP contribution is 2.55. The number of fused-ring (bicyclic) bond motifs is 4. The van der Waals surface area contributed by atoms with Crippen LogP contribution >= 0.6 is 0 Å². The molecule has 0 aliphatic heterocycles.